The molecule has 0 aliphatic heterocycles. The Morgan fingerprint density at radius 3 is 2.05 bits per heavy atom. The van der Waals surface area contributed by atoms with Gasteiger partial charge in [0.1, 0.15) is 0 Å². The smallest absolute Gasteiger partial charge is 0.00924 e. The van der Waals surface area contributed by atoms with E-state index in [4.69, 9.17) is 0 Å². The minimum atomic E-state index is 0.450. The Morgan fingerprint density at radius 2 is 1.60 bits per heavy atom. The molecule has 1 N–H and O–H groups in total. The summed E-state index contributed by atoms with van der Waals surface area (Å²) in [6, 6.07) is 1.42. The highest BCUT2D eigenvalue weighted by Gasteiger charge is 2.30. The highest BCUT2D eigenvalue weighted by atomic mass is 15.1. The van der Waals surface area contributed by atoms with Crippen molar-refractivity contribution < 1.29 is 0 Å². The fourth-order valence-corrected chi connectivity index (χ4v) is 3.56. The zero-order valence-corrected chi connectivity index (χ0v) is 14.7. The second-order valence-electron chi connectivity index (χ2n) is 7.30. The number of rotatable bonds is 8. The summed E-state index contributed by atoms with van der Waals surface area (Å²) in [4.78, 5) is 2.68. The number of hydrogen-bond acceptors (Lipinski definition) is 2. The molecule has 1 rings (SSSR count). The normalized spacial score (nSPS) is 18.8. The van der Waals surface area contributed by atoms with Gasteiger partial charge < -0.3 is 10.2 Å². The van der Waals surface area contributed by atoms with Gasteiger partial charge in [-0.05, 0) is 38.1 Å². The van der Waals surface area contributed by atoms with Gasteiger partial charge in [0.25, 0.3) is 0 Å². The molecule has 1 fully saturated rings. The van der Waals surface area contributed by atoms with Crippen molar-refractivity contribution in [3.05, 3.63) is 0 Å². The first-order valence-corrected chi connectivity index (χ1v) is 8.96. The maximum absolute atomic E-state index is 3.68. The van der Waals surface area contributed by atoms with Gasteiger partial charge in [-0.25, -0.2) is 0 Å². The van der Waals surface area contributed by atoms with Gasteiger partial charge in [-0.2, -0.15) is 0 Å². The molecule has 20 heavy (non-hydrogen) atoms. The highest BCUT2D eigenvalue weighted by Crippen LogP contribution is 2.30. The number of nitrogens with zero attached hydrogens (tertiary/aromatic N) is 1. The third-order valence-electron chi connectivity index (χ3n) is 5.42. The molecule has 2 nitrogen and oxygen atoms in total. The van der Waals surface area contributed by atoms with Crippen LogP contribution in [0.25, 0.3) is 0 Å². The van der Waals surface area contributed by atoms with Gasteiger partial charge in [-0.3, -0.25) is 0 Å². The largest absolute Gasteiger partial charge is 0.314 e. The summed E-state index contributed by atoms with van der Waals surface area (Å²) >= 11 is 0. The van der Waals surface area contributed by atoms with Gasteiger partial charge in [-0.1, -0.05) is 53.4 Å². The van der Waals surface area contributed by atoms with Crippen molar-refractivity contribution in [3.63, 3.8) is 0 Å². The first-order valence-electron chi connectivity index (χ1n) is 8.96. The average molecular weight is 283 g/mol. The molecule has 0 spiro atoms. The van der Waals surface area contributed by atoms with Crippen molar-refractivity contribution in [3.8, 4) is 0 Å². The Kier molecular flexibility index (Phi) is 8.13. The third-order valence-corrected chi connectivity index (χ3v) is 5.42. The zero-order valence-electron chi connectivity index (χ0n) is 14.7. The quantitative estimate of drug-likeness (QED) is 0.662. The van der Waals surface area contributed by atoms with Crippen molar-refractivity contribution in [2.45, 2.75) is 91.1 Å². The SMILES string of the molecule is CCC(CC)(CNC(C)C)CN(C)C1CCCCCC1. The molecule has 0 aromatic rings. The lowest BCUT2D eigenvalue weighted by molar-refractivity contribution is 0.112. The van der Waals surface area contributed by atoms with E-state index in [2.05, 4.69) is 45.0 Å². The van der Waals surface area contributed by atoms with Gasteiger partial charge >= 0.3 is 0 Å². The lowest BCUT2D eigenvalue weighted by Crippen LogP contribution is -2.46. The molecular weight excluding hydrogens is 244 g/mol. The molecule has 1 saturated carbocycles. The topological polar surface area (TPSA) is 15.3 Å². The van der Waals surface area contributed by atoms with Gasteiger partial charge in [0.2, 0.25) is 0 Å². The van der Waals surface area contributed by atoms with Crippen LogP contribution < -0.4 is 5.32 Å². The van der Waals surface area contributed by atoms with Crippen LogP contribution in [0.3, 0.4) is 0 Å². The van der Waals surface area contributed by atoms with Crippen molar-refractivity contribution >= 4 is 0 Å². The summed E-state index contributed by atoms with van der Waals surface area (Å²) in [5, 5.41) is 3.68. The van der Waals surface area contributed by atoms with E-state index in [9.17, 15) is 0 Å². The monoisotopic (exact) mass is 282 g/mol. The van der Waals surface area contributed by atoms with Gasteiger partial charge in [0.15, 0.2) is 0 Å². The van der Waals surface area contributed by atoms with E-state index in [-0.39, 0.29) is 0 Å². The molecule has 0 radical (unpaired) electrons. The Hall–Kier alpha value is -0.0800. The zero-order chi connectivity index (χ0) is 15.0. The van der Waals surface area contributed by atoms with Crippen molar-refractivity contribution in [2.24, 2.45) is 5.41 Å². The standard InChI is InChI=1S/C18H38N2/c1-6-18(7-2,14-19-16(3)4)15-20(5)17-12-10-8-9-11-13-17/h16-17,19H,6-15H2,1-5H3. The van der Waals surface area contributed by atoms with Crippen molar-refractivity contribution in [1.29, 1.82) is 0 Å². The van der Waals surface area contributed by atoms with Crippen LogP contribution in [0.2, 0.25) is 0 Å². The molecule has 120 valence electrons. The van der Waals surface area contributed by atoms with E-state index in [1.54, 1.807) is 0 Å². The van der Waals surface area contributed by atoms with E-state index in [1.807, 2.05) is 0 Å². The molecule has 0 aromatic heterocycles. The molecule has 0 bridgehead atoms. The molecule has 0 amide bonds. The van der Waals surface area contributed by atoms with E-state index in [0.717, 1.165) is 12.6 Å². The minimum absolute atomic E-state index is 0.450. The lowest BCUT2D eigenvalue weighted by Gasteiger charge is -2.39. The molecule has 2 heteroatoms. The Balaban J connectivity index is 2.58. The van der Waals surface area contributed by atoms with E-state index in [1.165, 1.54) is 57.9 Å². The summed E-state index contributed by atoms with van der Waals surface area (Å²) in [5.41, 5.74) is 0.450. The molecule has 0 aromatic carbocycles. The Morgan fingerprint density at radius 1 is 1.05 bits per heavy atom. The van der Waals surface area contributed by atoms with Crippen molar-refractivity contribution in [1.82, 2.24) is 10.2 Å². The average Bonchev–Trinajstić information content (AvgIpc) is 2.72. The first kappa shape index (κ1) is 18.0. The fraction of sp³-hybridized carbons (Fsp3) is 1.00. The van der Waals surface area contributed by atoms with Crippen LogP contribution in [0.15, 0.2) is 0 Å². The maximum Gasteiger partial charge on any atom is 0.00924 e. The molecule has 1 aliphatic carbocycles. The lowest BCUT2D eigenvalue weighted by atomic mass is 9.81. The third kappa shape index (κ3) is 5.73. The fourth-order valence-electron chi connectivity index (χ4n) is 3.56. The predicted molar refractivity (Wildman–Crippen MR) is 90.3 cm³/mol. The van der Waals surface area contributed by atoms with Crippen LogP contribution >= 0.6 is 0 Å². The minimum Gasteiger partial charge on any atom is -0.314 e. The van der Waals surface area contributed by atoms with Gasteiger partial charge in [-0.15, -0.1) is 0 Å². The predicted octanol–water partition coefficient (Wildman–Crippen LogP) is 4.45. The van der Waals surface area contributed by atoms with Crippen molar-refractivity contribution in [2.75, 3.05) is 20.1 Å². The molecule has 0 atom stereocenters. The Labute approximate surface area is 127 Å². The number of nitrogens with one attached hydrogen (secondary N) is 1. The summed E-state index contributed by atoms with van der Waals surface area (Å²) in [7, 11) is 2.37. The van der Waals surface area contributed by atoms with Crippen LogP contribution in [0.5, 0.6) is 0 Å². The van der Waals surface area contributed by atoms with Crippen LogP contribution in [-0.4, -0.2) is 37.1 Å². The summed E-state index contributed by atoms with van der Waals surface area (Å²) in [6.45, 7) is 11.7. The summed E-state index contributed by atoms with van der Waals surface area (Å²) < 4.78 is 0. The van der Waals surface area contributed by atoms with Gasteiger partial charge in [0, 0.05) is 25.2 Å². The molecule has 0 unspecified atom stereocenters. The van der Waals surface area contributed by atoms with Crippen LogP contribution in [0.4, 0.5) is 0 Å². The van der Waals surface area contributed by atoms with Crippen LogP contribution in [0, 0.1) is 5.41 Å². The van der Waals surface area contributed by atoms with E-state index in [0.29, 0.717) is 11.5 Å². The highest BCUT2D eigenvalue weighted by molar-refractivity contribution is 4.85. The molecule has 0 saturated heterocycles. The molecular formula is C18H38N2. The van der Waals surface area contributed by atoms with Crippen LogP contribution in [0.1, 0.15) is 79.1 Å². The molecule has 0 heterocycles. The maximum atomic E-state index is 3.68. The Bertz CT molecular complexity index is 238. The second kappa shape index (κ2) is 9.04. The van der Waals surface area contributed by atoms with E-state index >= 15 is 0 Å². The second-order valence-corrected chi connectivity index (χ2v) is 7.30. The summed E-state index contributed by atoms with van der Waals surface area (Å²) in [6.07, 6.45) is 11.2. The molecule has 1 aliphatic rings. The van der Waals surface area contributed by atoms with Gasteiger partial charge in [0.05, 0.1) is 0 Å². The summed E-state index contributed by atoms with van der Waals surface area (Å²) in [5.74, 6) is 0. The van der Waals surface area contributed by atoms with E-state index < -0.39 is 0 Å². The van der Waals surface area contributed by atoms with Crippen LogP contribution in [-0.2, 0) is 0 Å². The number of hydrogen-bond donors (Lipinski definition) is 1. The first-order chi connectivity index (χ1) is 9.53.